The second kappa shape index (κ2) is 7.15. The van der Waals surface area contributed by atoms with Crippen molar-refractivity contribution < 1.29 is 9.59 Å². The van der Waals surface area contributed by atoms with Gasteiger partial charge in [0.05, 0.1) is 17.9 Å². The van der Waals surface area contributed by atoms with Crippen molar-refractivity contribution in [1.82, 2.24) is 20.0 Å². The number of piperidine rings is 1. The average molecular weight is 318 g/mol. The summed E-state index contributed by atoms with van der Waals surface area (Å²) in [5.41, 5.74) is 2.20. The molecule has 0 saturated carbocycles. The van der Waals surface area contributed by atoms with Crippen LogP contribution in [0, 0.1) is 6.92 Å². The van der Waals surface area contributed by atoms with Gasteiger partial charge in [-0.3, -0.25) is 14.7 Å². The van der Waals surface area contributed by atoms with Crippen molar-refractivity contribution in [3.8, 4) is 0 Å². The molecule has 2 saturated heterocycles. The molecule has 2 amide bonds. The van der Waals surface area contributed by atoms with Crippen LogP contribution in [0.2, 0.25) is 0 Å². The van der Waals surface area contributed by atoms with E-state index >= 15 is 0 Å². The number of hydrogen-bond donors (Lipinski definition) is 1. The van der Waals surface area contributed by atoms with Crippen LogP contribution in [0.4, 0.5) is 0 Å². The number of carbonyl (C=O) groups is 2. The molecule has 0 spiro atoms. The summed E-state index contributed by atoms with van der Waals surface area (Å²) >= 11 is 0. The van der Waals surface area contributed by atoms with Gasteiger partial charge in [0.1, 0.15) is 0 Å². The van der Waals surface area contributed by atoms with Gasteiger partial charge < -0.3 is 9.80 Å². The lowest BCUT2D eigenvalue weighted by Gasteiger charge is -2.35. The highest BCUT2D eigenvalue weighted by molar-refractivity contribution is 5.78. The topological polar surface area (TPSA) is 69.3 Å². The third kappa shape index (κ3) is 3.57. The van der Waals surface area contributed by atoms with Gasteiger partial charge in [0.2, 0.25) is 11.8 Å². The van der Waals surface area contributed by atoms with Gasteiger partial charge in [0.15, 0.2) is 0 Å². The van der Waals surface area contributed by atoms with Gasteiger partial charge in [-0.2, -0.15) is 5.10 Å². The van der Waals surface area contributed by atoms with Crippen molar-refractivity contribution in [1.29, 1.82) is 0 Å². The molecule has 3 heterocycles. The molecule has 6 nitrogen and oxygen atoms in total. The van der Waals surface area contributed by atoms with E-state index in [1.54, 1.807) is 0 Å². The molecule has 2 aliphatic rings. The summed E-state index contributed by atoms with van der Waals surface area (Å²) in [5.74, 6) is 0.441. The standard InChI is InChI=1S/C17H26N4O2/c1-13-12-18-19-17(13)14-6-2-3-11-21(14)16(23)8-5-10-20-9-4-7-15(20)22/h12,14H,2-11H2,1H3,(H,18,19)/t14-/m0/s1. The van der Waals surface area contributed by atoms with E-state index in [-0.39, 0.29) is 17.9 Å². The number of amides is 2. The molecule has 1 aromatic heterocycles. The minimum atomic E-state index is 0.132. The van der Waals surface area contributed by atoms with Crippen LogP contribution in [0.15, 0.2) is 6.20 Å². The van der Waals surface area contributed by atoms with Crippen LogP contribution in [-0.4, -0.2) is 51.4 Å². The van der Waals surface area contributed by atoms with Crippen molar-refractivity contribution in [2.75, 3.05) is 19.6 Å². The number of likely N-dealkylation sites (tertiary alicyclic amines) is 2. The summed E-state index contributed by atoms with van der Waals surface area (Å²) in [4.78, 5) is 28.2. The minimum Gasteiger partial charge on any atom is -0.343 e. The first-order valence-corrected chi connectivity index (χ1v) is 8.74. The summed E-state index contributed by atoms with van der Waals surface area (Å²) in [6.45, 7) is 4.43. The number of nitrogens with zero attached hydrogens (tertiary/aromatic N) is 3. The van der Waals surface area contributed by atoms with Gasteiger partial charge >= 0.3 is 0 Å². The minimum absolute atomic E-state index is 0.132. The van der Waals surface area contributed by atoms with E-state index in [0.717, 1.165) is 56.5 Å². The van der Waals surface area contributed by atoms with Crippen molar-refractivity contribution in [3.63, 3.8) is 0 Å². The molecule has 0 aliphatic carbocycles. The zero-order valence-electron chi connectivity index (χ0n) is 13.9. The zero-order chi connectivity index (χ0) is 16.2. The van der Waals surface area contributed by atoms with Crippen LogP contribution in [0.1, 0.15) is 62.2 Å². The number of aryl methyl sites for hydroxylation is 1. The number of aromatic nitrogens is 2. The maximum Gasteiger partial charge on any atom is 0.223 e. The first-order valence-electron chi connectivity index (χ1n) is 8.74. The van der Waals surface area contributed by atoms with Crippen LogP contribution < -0.4 is 0 Å². The second-order valence-electron chi connectivity index (χ2n) is 6.65. The van der Waals surface area contributed by atoms with Gasteiger partial charge in [-0.25, -0.2) is 0 Å². The smallest absolute Gasteiger partial charge is 0.223 e. The Kier molecular flexibility index (Phi) is 4.98. The first-order chi connectivity index (χ1) is 11.2. The van der Waals surface area contributed by atoms with Gasteiger partial charge in [-0.15, -0.1) is 0 Å². The fourth-order valence-corrected chi connectivity index (χ4v) is 3.73. The quantitative estimate of drug-likeness (QED) is 0.904. The molecule has 0 bridgehead atoms. The summed E-state index contributed by atoms with van der Waals surface area (Å²) in [6, 6.07) is 0.132. The van der Waals surface area contributed by atoms with E-state index in [1.807, 2.05) is 22.9 Å². The van der Waals surface area contributed by atoms with Gasteiger partial charge in [-0.1, -0.05) is 0 Å². The lowest BCUT2D eigenvalue weighted by Crippen LogP contribution is -2.39. The molecule has 0 radical (unpaired) electrons. The number of nitrogens with one attached hydrogen (secondary N) is 1. The van der Waals surface area contributed by atoms with Crippen molar-refractivity contribution in [2.24, 2.45) is 0 Å². The Bertz CT molecular complexity index is 569. The van der Waals surface area contributed by atoms with Crippen LogP contribution in [0.3, 0.4) is 0 Å². The Balaban J connectivity index is 1.56. The molecular weight excluding hydrogens is 292 g/mol. The van der Waals surface area contributed by atoms with E-state index in [9.17, 15) is 9.59 Å². The number of H-pyrrole nitrogens is 1. The first kappa shape index (κ1) is 16.0. The van der Waals surface area contributed by atoms with Crippen molar-refractivity contribution in [3.05, 3.63) is 17.5 Å². The predicted octanol–water partition coefficient (Wildman–Crippen LogP) is 2.17. The number of aromatic amines is 1. The maximum atomic E-state index is 12.7. The highest BCUT2D eigenvalue weighted by Crippen LogP contribution is 2.31. The molecule has 23 heavy (non-hydrogen) atoms. The molecule has 0 aromatic carbocycles. The molecule has 1 N–H and O–H groups in total. The lowest BCUT2D eigenvalue weighted by atomic mass is 9.97. The fourth-order valence-electron chi connectivity index (χ4n) is 3.73. The molecule has 1 aromatic rings. The highest BCUT2D eigenvalue weighted by atomic mass is 16.2. The Hall–Kier alpha value is -1.85. The SMILES string of the molecule is Cc1cn[nH]c1[C@@H]1CCCCN1C(=O)CCCN1CCCC1=O. The Morgan fingerprint density at radius 3 is 2.91 bits per heavy atom. The van der Waals surface area contributed by atoms with E-state index < -0.39 is 0 Å². The third-order valence-corrected chi connectivity index (χ3v) is 5.01. The van der Waals surface area contributed by atoms with Crippen molar-refractivity contribution >= 4 is 11.8 Å². The lowest BCUT2D eigenvalue weighted by molar-refractivity contribution is -0.136. The number of rotatable bonds is 5. The molecule has 2 aliphatic heterocycles. The molecule has 6 heteroatoms. The van der Waals surface area contributed by atoms with Crippen LogP contribution in [0.25, 0.3) is 0 Å². The molecule has 0 unspecified atom stereocenters. The van der Waals surface area contributed by atoms with E-state index in [0.29, 0.717) is 19.4 Å². The van der Waals surface area contributed by atoms with E-state index in [2.05, 4.69) is 10.2 Å². The van der Waals surface area contributed by atoms with E-state index in [1.165, 1.54) is 0 Å². The molecule has 126 valence electrons. The summed E-state index contributed by atoms with van der Waals surface area (Å²) < 4.78 is 0. The summed E-state index contributed by atoms with van der Waals surface area (Å²) in [7, 11) is 0. The Morgan fingerprint density at radius 1 is 1.35 bits per heavy atom. The van der Waals surface area contributed by atoms with Crippen molar-refractivity contribution in [2.45, 2.75) is 57.9 Å². The van der Waals surface area contributed by atoms with Gasteiger partial charge in [0, 0.05) is 32.5 Å². The normalized spacial score (nSPS) is 22.0. The summed E-state index contributed by atoms with van der Waals surface area (Å²) in [6.07, 6.45) is 7.95. The Labute approximate surface area is 137 Å². The largest absolute Gasteiger partial charge is 0.343 e. The van der Waals surface area contributed by atoms with Crippen LogP contribution >= 0.6 is 0 Å². The fraction of sp³-hybridized carbons (Fsp3) is 0.706. The molecule has 2 fully saturated rings. The average Bonchev–Trinajstić information content (AvgIpc) is 3.16. The monoisotopic (exact) mass is 318 g/mol. The molecule has 1 atom stereocenters. The number of hydrogen-bond acceptors (Lipinski definition) is 3. The summed E-state index contributed by atoms with van der Waals surface area (Å²) in [5, 5.41) is 7.18. The van der Waals surface area contributed by atoms with Crippen LogP contribution in [-0.2, 0) is 9.59 Å². The molecule has 3 rings (SSSR count). The van der Waals surface area contributed by atoms with Crippen LogP contribution in [0.5, 0.6) is 0 Å². The van der Waals surface area contributed by atoms with Gasteiger partial charge in [0.25, 0.3) is 0 Å². The van der Waals surface area contributed by atoms with Gasteiger partial charge in [-0.05, 0) is 44.6 Å². The molecular formula is C17H26N4O2. The second-order valence-corrected chi connectivity index (χ2v) is 6.65. The predicted molar refractivity (Wildman–Crippen MR) is 86.7 cm³/mol. The zero-order valence-corrected chi connectivity index (χ0v) is 13.9. The maximum absolute atomic E-state index is 12.7. The van der Waals surface area contributed by atoms with E-state index in [4.69, 9.17) is 0 Å². The third-order valence-electron chi connectivity index (χ3n) is 5.01. The highest BCUT2D eigenvalue weighted by Gasteiger charge is 2.30. The number of carbonyl (C=O) groups excluding carboxylic acids is 2. The Morgan fingerprint density at radius 2 is 2.22 bits per heavy atom.